The Hall–Kier alpha value is -0.220. The normalized spacial score (nSPS) is 22.0. The summed E-state index contributed by atoms with van der Waals surface area (Å²) in [5.41, 5.74) is 0. The third-order valence-corrected chi connectivity index (χ3v) is 4.81. The molecule has 1 amide bonds. The van der Waals surface area contributed by atoms with E-state index in [1.54, 1.807) is 0 Å². The van der Waals surface area contributed by atoms with Crippen LogP contribution in [0.4, 0.5) is 0 Å². The zero-order chi connectivity index (χ0) is 15.8. The molecule has 23 heavy (non-hydrogen) atoms. The number of piperazine rings is 1. The topological polar surface area (TPSA) is 57.2 Å². The van der Waals surface area contributed by atoms with Crippen molar-refractivity contribution in [2.45, 2.75) is 25.4 Å². The fourth-order valence-electron chi connectivity index (χ4n) is 2.86. The molecule has 0 spiro atoms. The Labute approximate surface area is 160 Å². The van der Waals surface area contributed by atoms with Gasteiger partial charge in [0.25, 0.3) is 5.91 Å². The Bertz CT molecular complexity index is 384. The standard InChI is InChI=1S/C15H28N4O2S.HI/c1-16-15(17-6-4-12-22-2)19-9-7-18(8-10-19)14(20)13-5-3-11-21-13;/h13H,3-12H2,1-2H3,(H,16,17);1H. The molecular formula is C15H29IN4O2S. The summed E-state index contributed by atoms with van der Waals surface area (Å²) in [6.45, 7) is 4.85. The number of aliphatic imine (C=N–C) groups is 1. The van der Waals surface area contributed by atoms with Crippen molar-refractivity contribution in [2.24, 2.45) is 4.99 Å². The number of halogens is 1. The average Bonchev–Trinajstić information content (AvgIpc) is 3.09. The van der Waals surface area contributed by atoms with Crippen molar-refractivity contribution in [3.8, 4) is 0 Å². The summed E-state index contributed by atoms with van der Waals surface area (Å²) < 4.78 is 5.50. The summed E-state index contributed by atoms with van der Waals surface area (Å²) in [7, 11) is 1.82. The highest BCUT2D eigenvalue weighted by Crippen LogP contribution is 2.16. The van der Waals surface area contributed by atoms with Crippen molar-refractivity contribution in [1.82, 2.24) is 15.1 Å². The maximum atomic E-state index is 12.3. The van der Waals surface area contributed by atoms with Crippen LogP contribution >= 0.6 is 35.7 Å². The first kappa shape index (κ1) is 20.8. The zero-order valence-electron chi connectivity index (χ0n) is 14.1. The third kappa shape index (κ3) is 6.30. The lowest BCUT2D eigenvalue weighted by atomic mass is 10.2. The number of nitrogens with one attached hydrogen (secondary N) is 1. The first-order chi connectivity index (χ1) is 10.8. The lowest BCUT2D eigenvalue weighted by molar-refractivity contribution is -0.142. The molecule has 2 saturated heterocycles. The second-order valence-corrected chi connectivity index (χ2v) is 6.62. The van der Waals surface area contributed by atoms with E-state index in [1.807, 2.05) is 23.7 Å². The van der Waals surface area contributed by atoms with Crippen molar-refractivity contribution in [3.63, 3.8) is 0 Å². The number of amides is 1. The largest absolute Gasteiger partial charge is 0.368 e. The molecule has 134 valence electrons. The van der Waals surface area contributed by atoms with E-state index in [0.717, 1.165) is 70.3 Å². The van der Waals surface area contributed by atoms with Crippen LogP contribution in [-0.2, 0) is 9.53 Å². The lowest BCUT2D eigenvalue weighted by Gasteiger charge is -2.37. The molecule has 0 aromatic carbocycles. The van der Waals surface area contributed by atoms with Gasteiger partial charge in [-0.3, -0.25) is 9.79 Å². The molecule has 2 aliphatic heterocycles. The van der Waals surface area contributed by atoms with Gasteiger partial charge in [-0.2, -0.15) is 11.8 Å². The third-order valence-electron chi connectivity index (χ3n) is 4.12. The fraction of sp³-hybridized carbons (Fsp3) is 0.867. The van der Waals surface area contributed by atoms with Gasteiger partial charge >= 0.3 is 0 Å². The van der Waals surface area contributed by atoms with Gasteiger partial charge in [-0.1, -0.05) is 0 Å². The number of carbonyl (C=O) groups excluding carboxylic acids is 1. The smallest absolute Gasteiger partial charge is 0.251 e. The number of hydrogen-bond donors (Lipinski definition) is 1. The highest BCUT2D eigenvalue weighted by molar-refractivity contribution is 14.0. The van der Waals surface area contributed by atoms with Gasteiger partial charge in [-0.05, 0) is 31.3 Å². The van der Waals surface area contributed by atoms with Crippen molar-refractivity contribution in [3.05, 3.63) is 0 Å². The minimum Gasteiger partial charge on any atom is -0.368 e. The van der Waals surface area contributed by atoms with Crippen LogP contribution in [-0.4, -0.2) is 86.2 Å². The molecule has 2 heterocycles. The molecule has 8 heteroatoms. The van der Waals surface area contributed by atoms with Crippen molar-refractivity contribution in [1.29, 1.82) is 0 Å². The molecule has 2 fully saturated rings. The molecule has 0 bridgehead atoms. The van der Waals surface area contributed by atoms with E-state index in [0.29, 0.717) is 0 Å². The molecule has 1 N–H and O–H groups in total. The van der Waals surface area contributed by atoms with Crippen LogP contribution in [0.1, 0.15) is 19.3 Å². The van der Waals surface area contributed by atoms with Crippen molar-refractivity contribution >= 4 is 47.6 Å². The molecule has 1 atom stereocenters. The van der Waals surface area contributed by atoms with Gasteiger partial charge in [-0.25, -0.2) is 0 Å². The van der Waals surface area contributed by atoms with Gasteiger partial charge in [0.2, 0.25) is 0 Å². The van der Waals surface area contributed by atoms with Crippen LogP contribution in [0.3, 0.4) is 0 Å². The minimum atomic E-state index is -0.199. The molecule has 0 aromatic rings. The Morgan fingerprint density at radius 2 is 2.00 bits per heavy atom. The van der Waals surface area contributed by atoms with E-state index >= 15 is 0 Å². The first-order valence-electron chi connectivity index (χ1n) is 8.11. The van der Waals surface area contributed by atoms with Crippen LogP contribution in [0, 0.1) is 0 Å². The predicted octanol–water partition coefficient (Wildman–Crippen LogP) is 1.26. The molecule has 1 unspecified atom stereocenters. The summed E-state index contributed by atoms with van der Waals surface area (Å²) >= 11 is 1.86. The molecule has 0 aliphatic carbocycles. The molecule has 6 nitrogen and oxygen atoms in total. The molecule has 2 rings (SSSR count). The number of rotatable bonds is 5. The number of hydrogen-bond acceptors (Lipinski definition) is 4. The quantitative estimate of drug-likeness (QED) is 0.292. The Kier molecular flexibility index (Phi) is 10.3. The number of thioether (sulfide) groups is 1. The SMILES string of the molecule is CN=C(NCCCSC)N1CCN(C(=O)C2CCCO2)CC1.I. The van der Waals surface area contributed by atoms with Crippen LogP contribution < -0.4 is 5.32 Å². The number of carbonyl (C=O) groups is 1. The summed E-state index contributed by atoms with van der Waals surface area (Å²) in [5.74, 6) is 2.28. The molecule has 0 aromatic heterocycles. The van der Waals surface area contributed by atoms with Crippen LogP contribution in [0.15, 0.2) is 4.99 Å². The number of nitrogens with zero attached hydrogens (tertiary/aromatic N) is 3. The van der Waals surface area contributed by atoms with Crippen molar-refractivity contribution in [2.75, 3.05) is 58.4 Å². The molecule has 0 saturated carbocycles. The number of guanidine groups is 1. The Morgan fingerprint density at radius 1 is 1.30 bits per heavy atom. The summed E-state index contributed by atoms with van der Waals surface area (Å²) in [6, 6.07) is 0. The molecular weight excluding hydrogens is 427 g/mol. The molecule has 0 radical (unpaired) electrons. The molecule has 2 aliphatic rings. The van der Waals surface area contributed by atoms with E-state index in [4.69, 9.17) is 4.74 Å². The monoisotopic (exact) mass is 456 g/mol. The highest BCUT2D eigenvalue weighted by atomic mass is 127. The van der Waals surface area contributed by atoms with Crippen molar-refractivity contribution < 1.29 is 9.53 Å². The van der Waals surface area contributed by atoms with Gasteiger partial charge in [0, 0.05) is 46.4 Å². The van der Waals surface area contributed by atoms with Crippen LogP contribution in [0.2, 0.25) is 0 Å². The summed E-state index contributed by atoms with van der Waals surface area (Å²) in [5, 5.41) is 3.41. The summed E-state index contributed by atoms with van der Waals surface area (Å²) in [6.07, 6.45) is 4.94. The van der Waals surface area contributed by atoms with Gasteiger partial charge in [0.05, 0.1) is 0 Å². The van der Waals surface area contributed by atoms with Gasteiger partial charge in [-0.15, -0.1) is 24.0 Å². The highest BCUT2D eigenvalue weighted by Gasteiger charge is 2.30. The summed E-state index contributed by atoms with van der Waals surface area (Å²) in [4.78, 5) is 20.9. The van der Waals surface area contributed by atoms with Gasteiger partial charge < -0.3 is 19.9 Å². The minimum absolute atomic E-state index is 0. The fourth-order valence-corrected chi connectivity index (χ4v) is 3.30. The van der Waals surface area contributed by atoms with E-state index in [2.05, 4.69) is 21.5 Å². The average molecular weight is 456 g/mol. The first-order valence-corrected chi connectivity index (χ1v) is 9.50. The lowest BCUT2D eigenvalue weighted by Crippen LogP contribution is -2.55. The zero-order valence-corrected chi connectivity index (χ0v) is 17.3. The van der Waals surface area contributed by atoms with Gasteiger partial charge in [0.1, 0.15) is 6.10 Å². The maximum Gasteiger partial charge on any atom is 0.251 e. The van der Waals surface area contributed by atoms with E-state index in [-0.39, 0.29) is 36.0 Å². The second kappa shape index (κ2) is 11.4. The second-order valence-electron chi connectivity index (χ2n) is 5.63. The Morgan fingerprint density at radius 3 is 2.57 bits per heavy atom. The number of ether oxygens (including phenoxy) is 1. The predicted molar refractivity (Wildman–Crippen MR) is 107 cm³/mol. The van der Waals surface area contributed by atoms with Crippen LogP contribution in [0.5, 0.6) is 0 Å². The Balaban J connectivity index is 0.00000264. The van der Waals surface area contributed by atoms with E-state index in [9.17, 15) is 4.79 Å². The van der Waals surface area contributed by atoms with E-state index < -0.39 is 0 Å². The van der Waals surface area contributed by atoms with Crippen LogP contribution in [0.25, 0.3) is 0 Å². The maximum absolute atomic E-state index is 12.3. The van der Waals surface area contributed by atoms with Gasteiger partial charge in [0.15, 0.2) is 5.96 Å². The van der Waals surface area contributed by atoms with E-state index in [1.165, 1.54) is 0 Å².